The van der Waals surface area contributed by atoms with Crippen LogP contribution in [0.2, 0.25) is 0 Å². The zero-order valence-corrected chi connectivity index (χ0v) is 13.5. The molecule has 1 aliphatic heterocycles. The summed E-state index contributed by atoms with van der Waals surface area (Å²) in [4.78, 5) is 25.3. The largest absolute Gasteiger partial charge is 0.345 e. The molecule has 22 heavy (non-hydrogen) atoms. The highest BCUT2D eigenvalue weighted by Crippen LogP contribution is 2.36. The van der Waals surface area contributed by atoms with E-state index >= 15 is 0 Å². The van der Waals surface area contributed by atoms with Crippen molar-refractivity contribution in [2.75, 3.05) is 11.9 Å². The maximum atomic E-state index is 12.5. The van der Waals surface area contributed by atoms with E-state index in [9.17, 15) is 9.59 Å². The zero-order valence-electron chi connectivity index (χ0n) is 12.6. The van der Waals surface area contributed by atoms with Crippen LogP contribution in [0.1, 0.15) is 43.0 Å². The Hall–Kier alpha value is -1.53. The molecule has 3 rings (SSSR count). The molecule has 5 nitrogen and oxygen atoms in total. The van der Waals surface area contributed by atoms with Crippen molar-refractivity contribution in [2.24, 2.45) is 5.73 Å². The minimum absolute atomic E-state index is 0.0238. The first-order chi connectivity index (χ1) is 10.5. The van der Waals surface area contributed by atoms with Crippen molar-refractivity contribution in [1.82, 2.24) is 5.32 Å². The van der Waals surface area contributed by atoms with Crippen LogP contribution in [0.3, 0.4) is 0 Å². The first-order valence-corrected chi connectivity index (χ1v) is 8.55. The van der Waals surface area contributed by atoms with E-state index in [-0.39, 0.29) is 22.6 Å². The number of amides is 2. The van der Waals surface area contributed by atoms with Crippen LogP contribution in [0.15, 0.2) is 23.1 Å². The Kier molecular flexibility index (Phi) is 4.14. The number of carbonyl (C=O) groups excluding carboxylic acids is 2. The van der Waals surface area contributed by atoms with Gasteiger partial charge in [-0.1, -0.05) is 12.8 Å². The molecule has 4 N–H and O–H groups in total. The normalized spacial score (nSPS) is 22.8. The fraction of sp³-hybridized carbons (Fsp3) is 0.500. The molecule has 0 radical (unpaired) electrons. The lowest BCUT2D eigenvalue weighted by molar-refractivity contribution is -0.115. The number of rotatable bonds is 3. The van der Waals surface area contributed by atoms with Gasteiger partial charge in [-0.3, -0.25) is 9.59 Å². The molecule has 1 aliphatic carbocycles. The summed E-state index contributed by atoms with van der Waals surface area (Å²) >= 11 is 1.51. The van der Waals surface area contributed by atoms with Crippen molar-refractivity contribution >= 4 is 29.3 Å². The number of carbonyl (C=O) groups is 2. The third-order valence-electron chi connectivity index (χ3n) is 4.50. The van der Waals surface area contributed by atoms with Gasteiger partial charge in [-0.2, -0.15) is 0 Å². The molecule has 2 amide bonds. The highest BCUT2D eigenvalue weighted by Gasteiger charge is 2.34. The summed E-state index contributed by atoms with van der Waals surface area (Å²) in [6.07, 6.45) is 4.08. The SMILES string of the molecule is CC1Sc2ccc(C(=O)NC3(CN)CCCC3)cc2NC1=O. The van der Waals surface area contributed by atoms with E-state index in [0.717, 1.165) is 30.6 Å². The third kappa shape index (κ3) is 2.85. The summed E-state index contributed by atoms with van der Waals surface area (Å²) in [5, 5.41) is 5.85. The lowest BCUT2D eigenvalue weighted by atomic mass is 9.97. The Bertz CT molecular complexity index is 611. The Balaban J connectivity index is 1.79. The van der Waals surface area contributed by atoms with Crippen LogP contribution in [0.4, 0.5) is 5.69 Å². The van der Waals surface area contributed by atoms with E-state index in [4.69, 9.17) is 5.73 Å². The predicted octanol–water partition coefficient (Wildman–Crippen LogP) is 2.12. The van der Waals surface area contributed by atoms with E-state index in [0.29, 0.717) is 17.8 Å². The molecule has 0 saturated heterocycles. The number of nitrogens with one attached hydrogen (secondary N) is 2. The number of anilines is 1. The van der Waals surface area contributed by atoms with Crippen molar-refractivity contribution in [1.29, 1.82) is 0 Å². The van der Waals surface area contributed by atoms with E-state index in [1.54, 1.807) is 6.07 Å². The summed E-state index contributed by atoms with van der Waals surface area (Å²) in [5.74, 6) is -0.141. The fourth-order valence-corrected chi connectivity index (χ4v) is 4.03. The van der Waals surface area contributed by atoms with E-state index in [2.05, 4.69) is 10.6 Å². The van der Waals surface area contributed by atoms with Crippen LogP contribution in [0.25, 0.3) is 0 Å². The molecule has 0 bridgehead atoms. The van der Waals surface area contributed by atoms with Crippen LogP contribution >= 0.6 is 11.8 Å². The van der Waals surface area contributed by atoms with Crippen LogP contribution in [-0.2, 0) is 4.79 Å². The second kappa shape index (κ2) is 5.93. The summed E-state index contributed by atoms with van der Waals surface area (Å²) in [6, 6.07) is 5.46. The van der Waals surface area contributed by atoms with Gasteiger partial charge in [0.25, 0.3) is 5.91 Å². The van der Waals surface area contributed by atoms with Gasteiger partial charge in [0.15, 0.2) is 0 Å². The van der Waals surface area contributed by atoms with Crippen molar-refractivity contribution in [3.8, 4) is 0 Å². The molecule has 2 aliphatic rings. The van der Waals surface area contributed by atoms with E-state index in [1.165, 1.54) is 11.8 Å². The van der Waals surface area contributed by atoms with Crippen LogP contribution in [0, 0.1) is 0 Å². The van der Waals surface area contributed by atoms with E-state index < -0.39 is 0 Å². The second-order valence-corrected chi connectivity index (χ2v) is 7.49. The summed E-state index contributed by atoms with van der Waals surface area (Å²) in [6.45, 7) is 2.34. The molecule has 118 valence electrons. The minimum Gasteiger partial charge on any atom is -0.345 e. The highest BCUT2D eigenvalue weighted by molar-refractivity contribution is 8.00. The summed E-state index contributed by atoms with van der Waals surface area (Å²) in [7, 11) is 0. The molecule has 1 unspecified atom stereocenters. The number of hydrogen-bond donors (Lipinski definition) is 3. The van der Waals surface area contributed by atoms with Crippen molar-refractivity contribution in [2.45, 2.75) is 48.3 Å². The fourth-order valence-electron chi connectivity index (χ4n) is 3.09. The molecule has 1 fully saturated rings. The molecule has 1 aromatic rings. The smallest absolute Gasteiger partial charge is 0.251 e. The first-order valence-electron chi connectivity index (χ1n) is 7.67. The number of fused-ring (bicyclic) bond motifs is 1. The standard InChI is InChI=1S/C16H21N3O2S/c1-10-14(20)18-12-8-11(4-5-13(12)22-10)15(21)19-16(9-17)6-2-3-7-16/h4-5,8,10H,2-3,6-7,9,17H2,1H3,(H,18,20)(H,19,21). The topological polar surface area (TPSA) is 84.2 Å². The summed E-state index contributed by atoms with van der Waals surface area (Å²) in [5.41, 5.74) is 6.88. The Morgan fingerprint density at radius 3 is 2.86 bits per heavy atom. The number of benzene rings is 1. The Labute approximate surface area is 134 Å². The Morgan fingerprint density at radius 2 is 2.18 bits per heavy atom. The van der Waals surface area contributed by atoms with Gasteiger partial charge in [0.1, 0.15) is 0 Å². The molecule has 0 spiro atoms. The quantitative estimate of drug-likeness (QED) is 0.797. The second-order valence-electron chi connectivity index (χ2n) is 6.11. The van der Waals surface area contributed by atoms with Crippen molar-refractivity contribution in [3.05, 3.63) is 23.8 Å². The molecule has 0 aromatic heterocycles. The van der Waals surface area contributed by atoms with Gasteiger partial charge in [0.2, 0.25) is 5.91 Å². The van der Waals surface area contributed by atoms with Crippen LogP contribution < -0.4 is 16.4 Å². The zero-order chi connectivity index (χ0) is 15.7. The average molecular weight is 319 g/mol. The van der Waals surface area contributed by atoms with Gasteiger partial charge in [-0.25, -0.2) is 0 Å². The monoisotopic (exact) mass is 319 g/mol. The number of nitrogens with two attached hydrogens (primary N) is 1. The lowest BCUT2D eigenvalue weighted by Gasteiger charge is -2.29. The van der Waals surface area contributed by atoms with Gasteiger partial charge in [0.05, 0.1) is 16.5 Å². The molecule has 1 saturated carbocycles. The molecule has 1 atom stereocenters. The van der Waals surface area contributed by atoms with Crippen molar-refractivity contribution < 1.29 is 9.59 Å². The van der Waals surface area contributed by atoms with Crippen LogP contribution in [0.5, 0.6) is 0 Å². The average Bonchev–Trinajstić information content (AvgIpc) is 2.97. The Morgan fingerprint density at radius 1 is 1.45 bits per heavy atom. The van der Waals surface area contributed by atoms with Gasteiger partial charge >= 0.3 is 0 Å². The first kappa shape index (κ1) is 15.4. The minimum atomic E-state index is -0.264. The van der Waals surface area contributed by atoms with Gasteiger partial charge in [0, 0.05) is 17.0 Å². The number of thioether (sulfide) groups is 1. The van der Waals surface area contributed by atoms with Gasteiger partial charge in [-0.15, -0.1) is 11.8 Å². The molecule has 1 heterocycles. The molecule has 6 heteroatoms. The molecule has 1 aromatic carbocycles. The third-order valence-corrected chi connectivity index (χ3v) is 5.68. The van der Waals surface area contributed by atoms with Crippen LogP contribution in [-0.4, -0.2) is 29.1 Å². The predicted molar refractivity (Wildman–Crippen MR) is 88.1 cm³/mol. The number of hydrogen-bond acceptors (Lipinski definition) is 4. The lowest BCUT2D eigenvalue weighted by Crippen LogP contribution is -2.51. The van der Waals surface area contributed by atoms with Gasteiger partial charge < -0.3 is 16.4 Å². The van der Waals surface area contributed by atoms with Crippen molar-refractivity contribution in [3.63, 3.8) is 0 Å². The van der Waals surface area contributed by atoms with Gasteiger partial charge in [-0.05, 0) is 38.0 Å². The maximum absolute atomic E-state index is 12.5. The molecular formula is C16H21N3O2S. The maximum Gasteiger partial charge on any atom is 0.251 e. The van der Waals surface area contributed by atoms with E-state index in [1.807, 2.05) is 19.1 Å². The molecular weight excluding hydrogens is 298 g/mol. The summed E-state index contributed by atoms with van der Waals surface area (Å²) < 4.78 is 0. The highest BCUT2D eigenvalue weighted by atomic mass is 32.2.